The maximum absolute atomic E-state index is 13.1. The third kappa shape index (κ3) is 4.60. The Bertz CT molecular complexity index is 1560. The third-order valence-electron chi connectivity index (χ3n) is 6.18. The van der Waals surface area contributed by atoms with Gasteiger partial charge in [0.1, 0.15) is 0 Å². The van der Waals surface area contributed by atoms with E-state index in [9.17, 15) is 14.4 Å². The van der Waals surface area contributed by atoms with E-state index in [0.29, 0.717) is 22.2 Å². The summed E-state index contributed by atoms with van der Waals surface area (Å²) in [7, 11) is 0. The van der Waals surface area contributed by atoms with Crippen LogP contribution in [0.25, 0.3) is 17.0 Å². The first kappa shape index (κ1) is 24.4. The van der Waals surface area contributed by atoms with Gasteiger partial charge in [-0.1, -0.05) is 59.6 Å². The number of hydrogen-bond acceptors (Lipinski definition) is 4. The molecular weight excluding hydrogens is 515 g/mol. The number of thioether (sulfide) groups is 1. The molecule has 1 aliphatic rings. The quantitative estimate of drug-likeness (QED) is 0.193. The highest BCUT2D eigenvalue weighted by Crippen LogP contribution is 2.36. The van der Waals surface area contributed by atoms with E-state index in [4.69, 9.17) is 23.2 Å². The third-order valence-corrected chi connectivity index (χ3v) is 7.71. The number of ketones is 1. The van der Waals surface area contributed by atoms with Gasteiger partial charge in [-0.25, -0.2) is 0 Å². The lowest BCUT2D eigenvalue weighted by Crippen LogP contribution is -2.33. The van der Waals surface area contributed by atoms with Crippen LogP contribution in [0.15, 0.2) is 77.7 Å². The first-order valence-corrected chi connectivity index (χ1v) is 12.8. The van der Waals surface area contributed by atoms with E-state index < -0.39 is 11.1 Å². The molecule has 1 fully saturated rings. The van der Waals surface area contributed by atoms with Gasteiger partial charge in [0.15, 0.2) is 5.78 Å². The van der Waals surface area contributed by atoms with Crippen molar-refractivity contribution in [1.82, 2.24) is 9.47 Å². The van der Waals surface area contributed by atoms with Gasteiger partial charge in [0.2, 0.25) is 0 Å². The number of para-hydroxylation sites is 1. The van der Waals surface area contributed by atoms with Crippen LogP contribution in [-0.4, -0.2) is 32.9 Å². The van der Waals surface area contributed by atoms with Gasteiger partial charge in [-0.15, -0.1) is 0 Å². The van der Waals surface area contributed by atoms with E-state index in [2.05, 4.69) is 4.57 Å². The fraction of sp³-hybridized carbons (Fsp3) is 0.107. The molecule has 0 saturated carbocycles. The van der Waals surface area contributed by atoms with Crippen LogP contribution in [-0.2, 0) is 11.3 Å². The van der Waals surface area contributed by atoms with Crippen molar-refractivity contribution in [2.75, 3.05) is 6.54 Å². The lowest BCUT2D eigenvalue weighted by atomic mass is 10.1. The number of imide groups is 1. The summed E-state index contributed by atoms with van der Waals surface area (Å²) in [6.07, 6.45) is 1.75. The molecular formula is C28H20Cl2N2O3S. The predicted molar refractivity (Wildman–Crippen MR) is 146 cm³/mol. The topological polar surface area (TPSA) is 59.4 Å². The summed E-state index contributed by atoms with van der Waals surface area (Å²) in [5.74, 6) is -0.808. The highest BCUT2D eigenvalue weighted by molar-refractivity contribution is 8.18. The molecule has 0 bridgehead atoms. The molecule has 0 spiro atoms. The molecule has 5 nitrogen and oxygen atoms in total. The van der Waals surface area contributed by atoms with Crippen molar-refractivity contribution in [3.8, 4) is 0 Å². The van der Waals surface area contributed by atoms with Gasteiger partial charge in [-0.2, -0.15) is 0 Å². The summed E-state index contributed by atoms with van der Waals surface area (Å²) < 4.78 is 2.15. The molecule has 2 heterocycles. The summed E-state index contributed by atoms with van der Waals surface area (Å²) in [5, 5.41) is 1.68. The Hall–Kier alpha value is -3.32. The largest absolute Gasteiger partial charge is 0.340 e. The van der Waals surface area contributed by atoms with Gasteiger partial charge in [-0.05, 0) is 66.7 Å². The van der Waals surface area contributed by atoms with Gasteiger partial charge < -0.3 is 4.57 Å². The van der Waals surface area contributed by atoms with Crippen LogP contribution >= 0.6 is 35.0 Å². The molecule has 1 aliphatic heterocycles. The van der Waals surface area contributed by atoms with Crippen molar-refractivity contribution < 1.29 is 14.4 Å². The van der Waals surface area contributed by atoms with Crippen molar-refractivity contribution in [2.45, 2.75) is 13.5 Å². The second-order valence-electron chi connectivity index (χ2n) is 8.39. The molecule has 36 heavy (non-hydrogen) atoms. The monoisotopic (exact) mass is 534 g/mol. The SMILES string of the molecule is Cc1c(/C=C2\SC(=O)N(CC(=O)c3ccc(Cl)cc3)C2=O)c2ccccc2n1Cc1ccccc1Cl. The molecule has 1 aromatic heterocycles. The molecule has 2 amide bonds. The van der Waals surface area contributed by atoms with E-state index in [1.54, 1.807) is 30.3 Å². The molecule has 8 heteroatoms. The van der Waals surface area contributed by atoms with Crippen molar-refractivity contribution >= 4 is 68.9 Å². The first-order valence-electron chi connectivity index (χ1n) is 11.2. The lowest BCUT2D eigenvalue weighted by Gasteiger charge is -2.11. The smallest absolute Gasteiger partial charge is 0.293 e. The van der Waals surface area contributed by atoms with E-state index in [1.165, 1.54) is 0 Å². The Morgan fingerprint density at radius 1 is 0.944 bits per heavy atom. The minimum atomic E-state index is -0.477. The Balaban J connectivity index is 1.47. The number of hydrogen-bond donors (Lipinski definition) is 0. The lowest BCUT2D eigenvalue weighted by molar-refractivity contribution is -0.122. The number of halogens is 2. The number of amides is 2. The highest BCUT2D eigenvalue weighted by Gasteiger charge is 2.36. The Kier molecular flexibility index (Phi) is 6.75. The van der Waals surface area contributed by atoms with Gasteiger partial charge >= 0.3 is 0 Å². The van der Waals surface area contributed by atoms with Crippen LogP contribution in [0.2, 0.25) is 10.0 Å². The first-order chi connectivity index (χ1) is 17.3. The second-order valence-corrected chi connectivity index (χ2v) is 10.2. The Morgan fingerprint density at radius 2 is 1.64 bits per heavy atom. The van der Waals surface area contributed by atoms with E-state index in [1.807, 2.05) is 55.5 Å². The summed E-state index contributed by atoms with van der Waals surface area (Å²) in [6.45, 7) is 2.23. The average molecular weight is 535 g/mol. The van der Waals surface area contributed by atoms with Gasteiger partial charge in [0.05, 0.1) is 11.4 Å². The predicted octanol–water partition coefficient (Wildman–Crippen LogP) is 7.22. The Morgan fingerprint density at radius 3 is 2.39 bits per heavy atom. The molecule has 5 rings (SSSR count). The zero-order chi connectivity index (χ0) is 25.4. The summed E-state index contributed by atoms with van der Waals surface area (Å²) in [4.78, 5) is 39.8. The normalized spacial score (nSPS) is 14.9. The Labute approximate surface area is 222 Å². The fourth-order valence-corrected chi connectivity index (χ4v) is 5.42. The molecule has 4 aromatic rings. The summed E-state index contributed by atoms with van der Waals surface area (Å²) in [6, 6.07) is 22.0. The minimum absolute atomic E-state index is 0.285. The molecule has 0 aliphatic carbocycles. The molecule has 180 valence electrons. The number of benzene rings is 3. The van der Waals surface area contributed by atoms with E-state index in [-0.39, 0.29) is 17.2 Å². The van der Waals surface area contributed by atoms with Crippen molar-refractivity contribution in [2.24, 2.45) is 0 Å². The molecule has 0 radical (unpaired) electrons. The number of fused-ring (bicyclic) bond motifs is 1. The van der Waals surface area contributed by atoms with Crippen molar-refractivity contribution in [3.63, 3.8) is 0 Å². The van der Waals surface area contributed by atoms with E-state index in [0.717, 1.165) is 44.4 Å². The van der Waals surface area contributed by atoms with Crippen LogP contribution in [0.3, 0.4) is 0 Å². The van der Waals surface area contributed by atoms with Crippen molar-refractivity contribution in [1.29, 1.82) is 0 Å². The number of nitrogens with zero attached hydrogens (tertiary/aromatic N) is 2. The second kappa shape index (κ2) is 9.97. The van der Waals surface area contributed by atoms with Crippen LogP contribution in [0.5, 0.6) is 0 Å². The number of rotatable bonds is 6. The standard InChI is InChI=1S/C28H20Cl2N2O3S/c1-17-22(21-7-3-5-9-24(21)31(17)15-19-6-2-4-8-23(19)30)14-26-27(34)32(28(35)36-26)16-25(33)18-10-12-20(29)13-11-18/h2-14H,15-16H2,1H3/b26-14-. The van der Waals surface area contributed by atoms with Crippen LogP contribution in [0.1, 0.15) is 27.2 Å². The zero-order valence-electron chi connectivity index (χ0n) is 19.2. The summed E-state index contributed by atoms with van der Waals surface area (Å²) in [5.41, 5.74) is 4.17. The van der Waals surface area contributed by atoms with Crippen molar-refractivity contribution in [3.05, 3.63) is 110 Å². The number of aromatic nitrogens is 1. The molecule has 1 saturated heterocycles. The zero-order valence-corrected chi connectivity index (χ0v) is 21.5. The van der Waals surface area contributed by atoms with Gasteiger partial charge in [0.25, 0.3) is 11.1 Å². The molecule has 0 N–H and O–H groups in total. The number of Topliss-reactive ketones (excluding diaryl/α,β-unsaturated/α-hetero) is 1. The van der Waals surface area contributed by atoms with E-state index >= 15 is 0 Å². The average Bonchev–Trinajstić information content (AvgIpc) is 3.29. The molecule has 0 unspecified atom stereocenters. The van der Waals surface area contributed by atoms with Crippen LogP contribution in [0, 0.1) is 6.92 Å². The fourth-order valence-electron chi connectivity index (χ4n) is 4.28. The summed E-state index contributed by atoms with van der Waals surface area (Å²) >= 11 is 13.1. The van der Waals surface area contributed by atoms with Gasteiger partial charge in [-0.3, -0.25) is 19.3 Å². The van der Waals surface area contributed by atoms with Crippen LogP contribution < -0.4 is 0 Å². The van der Waals surface area contributed by atoms with Gasteiger partial charge in [0, 0.05) is 44.3 Å². The molecule has 0 atom stereocenters. The minimum Gasteiger partial charge on any atom is -0.340 e. The molecule has 3 aromatic carbocycles. The number of carbonyl (C=O) groups is 3. The number of carbonyl (C=O) groups excluding carboxylic acids is 3. The maximum atomic E-state index is 13.1. The van der Waals surface area contributed by atoms with Crippen LogP contribution in [0.4, 0.5) is 4.79 Å². The highest BCUT2D eigenvalue weighted by atomic mass is 35.5. The maximum Gasteiger partial charge on any atom is 0.293 e.